The number of methoxy groups -OCH3 is 1. The predicted molar refractivity (Wildman–Crippen MR) is 74.9 cm³/mol. The summed E-state index contributed by atoms with van der Waals surface area (Å²) in [7, 11) is 1.51. The molecule has 0 aliphatic rings. The van der Waals surface area contributed by atoms with E-state index in [2.05, 4.69) is 27.9 Å². The number of nitrogens with two attached hydrogens (primary N) is 1. The van der Waals surface area contributed by atoms with Crippen LogP contribution in [0.2, 0.25) is 0 Å². The van der Waals surface area contributed by atoms with E-state index in [9.17, 15) is 4.79 Å². The molecule has 3 N–H and O–H groups in total. The third-order valence-corrected chi connectivity index (χ3v) is 2.45. The molecule has 1 rings (SSSR count). The summed E-state index contributed by atoms with van der Waals surface area (Å²) in [5, 5.41) is 2.72. The van der Waals surface area contributed by atoms with Gasteiger partial charge in [-0.05, 0) is 40.8 Å². The van der Waals surface area contributed by atoms with Crippen LogP contribution in [-0.4, -0.2) is 25.7 Å². The highest BCUT2D eigenvalue weighted by molar-refractivity contribution is 14.1. The zero-order valence-corrected chi connectivity index (χ0v) is 11.7. The number of carbonyl (C=O) groups is 1. The van der Waals surface area contributed by atoms with Crippen LogP contribution in [0.1, 0.15) is 0 Å². The lowest BCUT2D eigenvalue weighted by Gasteiger charge is -2.11. The fraction of sp³-hybridized carbons (Fsp3) is 0.300. The molecule has 4 nitrogen and oxygen atoms in total. The minimum atomic E-state index is -0.632. The number of rotatable bonds is 4. The number of amides is 1. The Bertz CT molecular complexity index is 349. The van der Waals surface area contributed by atoms with Crippen LogP contribution in [0.5, 0.6) is 0 Å². The first kappa shape index (κ1) is 15.6. The lowest BCUT2D eigenvalue weighted by Crippen LogP contribution is -2.39. The zero-order chi connectivity index (χ0) is 11.3. The van der Waals surface area contributed by atoms with Gasteiger partial charge < -0.3 is 15.8 Å². The summed E-state index contributed by atoms with van der Waals surface area (Å²) >= 11 is 2.18. The van der Waals surface area contributed by atoms with Crippen LogP contribution in [0.4, 0.5) is 5.69 Å². The summed E-state index contributed by atoms with van der Waals surface area (Å²) in [5.74, 6) is -0.237. The molecule has 1 aromatic carbocycles. The molecule has 0 spiro atoms. The Hall–Kier alpha value is -0.370. The van der Waals surface area contributed by atoms with Gasteiger partial charge in [-0.3, -0.25) is 4.79 Å². The fourth-order valence-electron chi connectivity index (χ4n) is 1.06. The van der Waals surface area contributed by atoms with Crippen molar-refractivity contribution in [2.75, 3.05) is 19.0 Å². The second kappa shape index (κ2) is 7.83. The Balaban J connectivity index is 0.00000225. The summed E-state index contributed by atoms with van der Waals surface area (Å²) in [5.41, 5.74) is 6.32. The van der Waals surface area contributed by atoms with Crippen molar-refractivity contribution >= 4 is 46.6 Å². The van der Waals surface area contributed by atoms with Gasteiger partial charge in [-0.2, -0.15) is 0 Å². The van der Waals surface area contributed by atoms with E-state index in [0.29, 0.717) is 0 Å². The zero-order valence-electron chi connectivity index (χ0n) is 8.77. The molecule has 1 atom stereocenters. The third kappa shape index (κ3) is 5.11. The minimum Gasteiger partial charge on any atom is -0.383 e. The molecule has 0 saturated heterocycles. The van der Waals surface area contributed by atoms with E-state index >= 15 is 0 Å². The molecular formula is C10H14ClIN2O2. The van der Waals surface area contributed by atoms with E-state index in [1.54, 1.807) is 0 Å². The predicted octanol–water partition coefficient (Wildman–Crippen LogP) is 1.63. The van der Waals surface area contributed by atoms with E-state index in [-0.39, 0.29) is 24.9 Å². The largest absolute Gasteiger partial charge is 0.383 e. The van der Waals surface area contributed by atoms with Gasteiger partial charge in [0, 0.05) is 16.4 Å². The highest BCUT2D eigenvalue weighted by Crippen LogP contribution is 2.12. The van der Waals surface area contributed by atoms with Crippen LogP contribution in [0.25, 0.3) is 0 Å². The average Bonchev–Trinajstić information content (AvgIpc) is 2.18. The Morgan fingerprint density at radius 1 is 1.62 bits per heavy atom. The molecule has 0 aromatic heterocycles. The van der Waals surface area contributed by atoms with E-state index in [1.807, 2.05) is 24.3 Å². The van der Waals surface area contributed by atoms with Crippen LogP contribution >= 0.6 is 35.0 Å². The Morgan fingerprint density at radius 2 is 2.31 bits per heavy atom. The molecule has 1 unspecified atom stereocenters. The van der Waals surface area contributed by atoms with E-state index in [0.717, 1.165) is 9.26 Å². The van der Waals surface area contributed by atoms with Crippen molar-refractivity contribution < 1.29 is 9.53 Å². The molecule has 0 aliphatic heterocycles. The Kier molecular flexibility index (Phi) is 7.65. The van der Waals surface area contributed by atoms with Gasteiger partial charge in [0.1, 0.15) is 6.04 Å². The molecule has 0 aliphatic carbocycles. The molecule has 6 heteroatoms. The molecule has 0 heterocycles. The lowest BCUT2D eigenvalue weighted by molar-refractivity contribution is -0.118. The number of nitrogens with one attached hydrogen (secondary N) is 1. The minimum absolute atomic E-state index is 0. The van der Waals surface area contributed by atoms with Gasteiger partial charge >= 0.3 is 0 Å². The van der Waals surface area contributed by atoms with Gasteiger partial charge in [0.2, 0.25) is 5.91 Å². The number of hydrogen-bond donors (Lipinski definition) is 2. The van der Waals surface area contributed by atoms with Gasteiger partial charge in [0.25, 0.3) is 0 Å². The molecule has 0 fully saturated rings. The topological polar surface area (TPSA) is 64.3 Å². The number of benzene rings is 1. The highest BCUT2D eigenvalue weighted by atomic mass is 127. The van der Waals surface area contributed by atoms with Gasteiger partial charge in [-0.25, -0.2) is 0 Å². The summed E-state index contributed by atoms with van der Waals surface area (Å²) in [4.78, 5) is 11.5. The normalized spacial score (nSPS) is 11.4. The molecule has 90 valence electrons. The molecule has 0 bridgehead atoms. The van der Waals surface area contributed by atoms with Crippen LogP contribution in [0.3, 0.4) is 0 Å². The van der Waals surface area contributed by atoms with Crippen molar-refractivity contribution in [3.05, 3.63) is 27.8 Å². The van der Waals surface area contributed by atoms with E-state index < -0.39 is 6.04 Å². The maximum absolute atomic E-state index is 11.5. The van der Waals surface area contributed by atoms with Crippen molar-refractivity contribution in [1.82, 2.24) is 0 Å². The van der Waals surface area contributed by atoms with E-state index in [4.69, 9.17) is 10.5 Å². The van der Waals surface area contributed by atoms with Gasteiger partial charge in [0.05, 0.1) is 6.61 Å². The fourth-order valence-corrected chi connectivity index (χ4v) is 1.60. The van der Waals surface area contributed by atoms with Gasteiger partial charge in [-0.1, -0.05) is 6.07 Å². The lowest BCUT2D eigenvalue weighted by atomic mass is 10.2. The Morgan fingerprint density at radius 3 is 2.88 bits per heavy atom. The summed E-state index contributed by atoms with van der Waals surface area (Å²) in [6.07, 6.45) is 0. The quantitative estimate of drug-likeness (QED) is 0.806. The molecule has 1 aromatic rings. The third-order valence-electron chi connectivity index (χ3n) is 1.78. The molecule has 0 saturated carbocycles. The summed E-state index contributed by atoms with van der Waals surface area (Å²) in [6, 6.07) is 6.88. The maximum atomic E-state index is 11.5. The van der Waals surface area contributed by atoms with Crippen molar-refractivity contribution in [3.63, 3.8) is 0 Å². The van der Waals surface area contributed by atoms with Crippen molar-refractivity contribution in [3.8, 4) is 0 Å². The second-order valence-corrected chi connectivity index (χ2v) is 4.31. The van der Waals surface area contributed by atoms with E-state index in [1.165, 1.54) is 7.11 Å². The summed E-state index contributed by atoms with van der Waals surface area (Å²) in [6.45, 7) is 0.218. The van der Waals surface area contributed by atoms with Gasteiger partial charge in [0.15, 0.2) is 0 Å². The first-order valence-electron chi connectivity index (χ1n) is 4.44. The number of halogens is 2. The molecular weight excluding hydrogens is 342 g/mol. The first-order chi connectivity index (χ1) is 7.13. The maximum Gasteiger partial charge on any atom is 0.243 e. The first-order valence-corrected chi connectivity index (χ1v) is 5.52. The monoisotopic (exact) mass is 356 g/mol. The standard InChI is InChI=1S/C10H13IN2O2.ClH/c1-15-6-9(12)10(14)13-8-4-2-3-7(11)5-8;/h2-5,9H,6,12H2,1H3,(H,13,14);1H. The Labute approximate surface area is 114 Å². The van der Waals surface area contributed by atoms with Crippen molar-refractivity contribution in [2.45, 2.75) is 6.04 Å². The number of anilines is 1. The number of hydrogen-bond acceptors (Lipinski definition) is 3. The van der Waals surface area contributed by atoms with Crippen LogP contribution < -0.4 is 11.1 Å². The van der Waals surface area contributed by atoms with Crippen LogP contribution in [0.15, 0.2) is 24.3 Å². The average molecular weight is 357 g/mol. The molecule has 1 amide bonds. The molecule has 0 radical (unpaired) electrons. The molecule has 16 heavy (non-hydrogen) atoms. The van der Waals surface area contributed by atoms with Crippen molar-refractivity contribution in [1.29, 1.82) is 0 Å². The smallest absolute Gasteiger partial charge is 0.243 e. The van der Waals surface area contributed by atoms with Crippen LogP contribution in [0, 0.1) is 3.57 Å². The van der Waals surface area contributed by atoms with Crippen LogP contribution in [-0.2, 0) is 9.53 Å². The van der Waals surface area contributed by atoms with Crippen molar-refractivity contribution in [2.24, 2.45) is 5.73 Å². The second-order valence-electron chi connectivity index (χ2n) is 3.06. The SMILES string of the molecule is COCC(N)C(=O)Nc1cccc(I)c1.Cl. The number of ether oxygens (including phenoxy) is 1. The highest BCUT2D eigenvalue weighted by Gasteiger charge is 2.12. The summed E-state index contributed by atoms with van der Waals surface area (Å²) < 4.78 is 5.86. The number of carbonyl (C=O) groups excluding carboxylic acids is 1. The van der Waals surface area contributed by atoms with Gasteiger partial charge in [-0.15, -0.1) is 12.4 Å².